The number of amides is 1. The second kappa shape index (κ2) is 5.25. The molecule has 5 nitrogen and oxygen atoms in total. The molecule has 2 aliphatic rings. The number of hydrogen-bond acceptors (Lipinski definition) is 3. The predicted octanol–water partition coefficient (Wildman–Crippen LogP) is 2.89. The third-order valence-electron chi connectivity index (χ3n) is 4.30. The lowest BCUT2D eigenvalue weighted by Gasteiger charge is -2.17. The number of halogens is 3. The molecule has 1 amide bonds. The molecule has 0 saturated heterocycles. The van der Waals surface area contributed by atoms with Gasteiger partial charge in [-0.2, -0.15) is 18.3 Å². The van der Waals surface area contributed by atoms with Gasteiger partial charge in [-0.05, 0) is 24.1 Å². The summed E-state index contributed by atoms with van der Waals surface area (Å²) < 4.78 is 46.4. The maximum atomic E-state index is 13.1. The third kappa shape index (κ3) is 2.33. The molecule has 0 unspecified atom stereocenters. The Balaban J connectivity index is 1.68. The Bertz CT molecular complexity index is 790. The zero-order valence-corrected chi connectivity index (χ0v) is 12.6. The second-order valence-corrected chi connectivity index (χ2v) is 5.80. The van der Waals surface area contributed by atoms with Crippen molar-refractivity contribution < 1.29 is 22.7 Å². The van der Waals surface area contributed by atoms with Crippen LogP contribution in [0.1, 0.15) is 28.0 Å². The van der Waals surface area contributed by atoms with Gasteiger partial charge in [-0.3, -0.25) is 4.79 Å². The van der Waals surface area contributed by atoms with Crippen molar-refractivity contribution in [2.45, 2.75) is 25.6 Å². The van der Waals surface area contributed by atoms with Crippen LogP contribution in [-0.2, 0) is 19.1 Å². The van der Waals surface area contributed by atoms with Crippen molar-refractivity contribution in [3.63, 3.8) is 0 Å². The molecule has 1 aromatic carbocycles. The number of hydrogen-bond donors (Lipinski definition) is 0. The number of alkyl halides is 3. The second-order valence-electron chi connectivity index (χ2n) is 5.80. The molecule has 0 fully saturated rings. The molecule has 0 bridgehead atoms. The fraction of sp³-hybridized carbons (Fsp3) is 0.375. The molecule has 0 aliphatic carbocycles. The van der Waals surface area contributed by atoms with Crippen LogP contribution in [0.3, 0.4) is 0 Å². The monoisotopic (exact) mass is 337 g/mol. The van der Waals surface area contributed by atoms with Gasteiger partial charge in [-0.1, -0.05) is 6.07 Å². The molecule has 0 radical (unpaired) electrons. The summed E-state index contributed by atoms with van der Waals surface area (Å²) in [6.45, 7) is 1.45. The van der Waals surface area contributed by atoms with E-state index in [1.165, 1.54) is 11.0 Å². The topological polar surface area (TPSA) is 47.4 Å². The van der Waals surface area contributed by atoms with Crippen LogP contribution >= 0.6 is 0 Å². The fourth-order valence-electron chi connectivity index (χ4n) is 3.22. The maximum absolute atomic E-state index is 13.1. The Morgan fingerprint density at radius 1 is 1.25 bits per heavy atom. The van der Waals surface area contributed by atoms with E-state index < -0.39 is 17.6 Å². The van der Waals surface area contributed by atoms with Crippen molar-refractivity contribution in [1.82, 2.24) is 9.78 Å². The standard InChI is InChI=1S/C16H14F3N3O2/c17-16(18,19)11-3-1-4-13-10(11)5-7-21(13)15(23)12-9-14-22(20-12)6-2-8-24-14/h1,3-4,9H,2,5-8H2. The number of carbonyl (C=O) groups is 1. The van der Waals surface area contributed by atoms with E-state index in [1.807, 2.05) is 0 Å². The minimum atomic E-state index is -4.42. The number of benzene rings is 1. The molecule has 24 heavy (non-hydrogen) atoms. The first kappa shape index (κ1) is 15.0. The minimum Gasteiger partial charge on any atom is -0.478 e. The van der Waals surface area contributed by atoms with E-state index in [4.69, 9.17) is 4.74 Å². The Morgan fingerprint density at radius 3 is 2.83 bits per heavy atom. The molecule has 1 aromatic heterocycles. The number of rotatable bonds is 1. The van der Waals surface area contributed by atoms with Crippen LogP contribution in [0, 0.1) is 0 Å². The van der Waals surface area contributed by atoms with Crippen LogP contribution in [0.5, 0.6) is 5.88 Å². The van der Waals surface area contributed by atoms with E-state index in [-0.39, 0.29) is 24.2 Å². The molecule has 0 N–H and O–H groups in total. The van der Waals surface area contributed by atoms with E-state index in [0.29, 0.717) is 24.7 Å². The SMILES string of the molecule is O=C(c1cc2n(n1)CCCO2)N1CCc2c1cccc2C(F)(F)F. The summed E-state index contributed by atoms with van der Waals surface area (Å²) in [5.74, 6) is 0.117. The summed E-state index contributed by atoms with van der Waals surface area (Å²) >= 11 is 0. The lowest BCUT2D eigenvalue weighted by atomic mass is 10.0. The Kier molecular flexibility index (Phi) is 3.29. The van der Waals surface area contributed by atoms with E-state index in [2.05, 4.69) is 5.10 Å². The Labute approximate surface area is 135 Å². The van der Waals surface area contributed by atoms with Gasteiger partial charge in [0.25, 0.3) is 5.91 Å². The van der Waals surface area contributed by atoms with Crippen LogP contribution in [0.2, 0.25) is 0 Å². The van der Waals surface area contributed by atoms with Gasteiger partial charge in [0.05, 0.1) is 12.2 Å². The van der Waals surface area contributed by atoms with Crippen LogP contribution in [-0.4, -0.2) is 28.8 Å². The van der Waals surface area contributed by atoms with Crippen molar-refractivity contribution in [2.24, 2.45) is 0 Å². The van der Waals surface area contributed by atoms with Crippen molar-refractivity contribution in [2.75, 3.05) is 18.1 Å². The van der Waals surface area contributed by atoms with Gasteiger partial charge in [0.1, 0.15) is 0 Å². The first-order chi connectivity index (χ1) is 11.4. The maximum Gasteiger partial charge on any atom is 0.416 e. The van der Waals surface area contributed by atoms with Crippen LogP contribution in [0.25, 0.3) is 0 Å². The quantitative estimate of drug-likeness (QED) is 0.804. The number of ether oxygens (including phenoxy) is 1. The van der Waals surface area contributed by atoms with Gasteiger partial charge in [0, 0.05) is 31.3 Å². The average molecular weight is 337 g/mol. The van der Waals surface area contributed by atoms with Gasteiger partial charge < -0.3 is 9.64 Å². The highest BCUT2D eigenvalue weighted by Crippen LogP contribution is 2.40. The normalized spacial score (nSPS) is 16.5. The molecule has 8 heteroatoms. The number of nitrogens with zero attached hydrogens (tertiary/aromatic N) is 3. The fourth-order valence-corrected chi connectivity index (χ4v) is 3.22. The van der Waals surface area contributed by atoms with Crippen LogP contribution in [0.4, 0.5) is 18.9 Å². The van der Waals surface area contributed by atoms with Gasteiger partial charge in [0.2, 0.25) is 5.88 Å². The number of aryl methyl sites for hydroxylation is 1. The van der Waals surface area contributed by atoms with Gasteiger partial charge >= 0.3 is 6.18 Å². The molecule has 0 saturated carbocycles. The van der Waals surface area contributed by atoms with E-state index >= 15 is 0 Å². The van der Waals surface area contributed by atoms with Crippen molar-refractivity contribution in [1.29, 1.82) is 0 Å². The van der Waals surface area contributed by atoms with Crippen LogP contribution in [0.15, 0.2) is 24.3 Å². The summed E-state index contributed by atoms with van der Waals surface area (Å²) in [4.78, 5) is 14.1. The van der Waals surface area contributed by atoms with Crippen molar-refractivity contribution in [3.8, 4) is 5.88 Å². The highest BCUT2D eigenvalue weighted by molar-refractivity contribution is 6.06. The first-order valence-electron chi connectivity index (χ1n) is 7.67. The number of fused-ring (bicyclic) bond motifs is 2. The Hall–Kier alpha value is -2.51. The number of carbonyl (C=O) groups excluding carboxylic acids is 1. The van der Waals surface area contributed by atoms with E-state index in [9.17, 15) is 18.0 Å². The molecule has 2 aliphatic heterocycles. The van der Waals surface area contributed by atoms with Crippen molar-refractivity contribution in [3.05, 3.63) is 41.1 Å². The highest BCUT2D eigenvalue weighted by Gasteiger charge is 2.38. The van der Waals surface area contributed by atoms with Gasteiger partial charge in [-0.25, -0.2) is 4.68 Å². The lowest BCUT2D eigenvalue weighted by molar-refractivity contribution is -0.138. The first-order valence-corrected chi connectivity index (χ1v) is 7.67. The van der Waals surface area contributed by atoms with Gasteiger partial charge in [0.15, 0.2) is 5.69 Å². The van der Waals surface area contributed by atoms with Crippen molar-refractivity contribution >= 4 is 11.6 Å². The highest BCUT2D eigenvalue weighted by atomic mass is 19.4. The average Bonchev–Trinajstić information content (AvgIpc) is 3.16. The molecule has 4 rings (SSSR count). The van der Waals surface area contributed by atoms with Gasteiger partial charge in [-0.15, -0.1) is 0 Å². The summed E-state index contributed by atoms with van der Waals surface area (Å²) in [6.07, 6.45) is -3.43. The summed E-state index contributed by atoms with van der Waals surface area (Å²) in [5.41, 5.74) is -0.0137. The zero-order valence-electron chi connectivity index (χ0n) is 12.6. The smallest absolute Gasteiger partial charge is 0.416 e. The summed E-state index contributed by atoms with van der Waals surface area (Å²) in [5, 5.41) is 4.22. The Morgan fingerprint density at radius 2 is 2.08 bits per heavy atom. The minimum absolute atomic E-state index is 0.165. The van der Waals surface area contributed by atoms with Crippen LogP contribution < -0.4 is 9.64 Å². The zero-order chi connectivity index (χ0) is 16.9. The third-order valence-corrected chi connectivity index (χ3v) is 4.30. The molecule has 3 heterocycles. The largest absolute Gasteiger partial charge is 0.478 e. The summed E-state index contributed by atoms with van der Waals surface area (Å²) in [7, 11) is 0. The summed E-state index contributed by atoms with van der Waals surface area (Å²) in [6, 6.07) is 5.47. The molecular formula is C16H14F3N3O2. The number of anilines is 1. The molecule has 0 spiro atoms. The number of aromatic nitrogens is 2. The lowest BCUT2D eigenvalue weighted by Crippen LogP contribution is -2.29. The molecule has 126 valence electrons. The molecule has 2 aromatic rings. The molecule has 0 atom stereocenters. The van der Waals surface area contributed by atoms with E-state index in [1.54, 1.807) is 16.8 Å². The van der Waals surface area contributed by atoms with E-state index in [0.717, 1.165) is 12.5 Å². The molecular weight excluding hydrogens is 323 g/mol. The predicted molar refractivity (Wildman–Crippen MR) is 79.2 cm³/mol.